The third kappa shape index (κ3) is 7.89. The standard InChI is InChI=1S/C28H29Cl3N2O3/c1-18(2)32-28(35)26(14-20-7-5-4-6-8-20)33(16-21-9-10-22(29)15-25(21)31)27(34)17-36-23-11-12-24(30)19(3)13-23/h4-13,15,18,26H,14,16-17H2,1-3H3,(H,32,35)/t26-/m0/s1. The zero-order chi connectivity index (χ0) is 26.2. The van der Waals surface area contributed by atoms with Gasteiger partial charge in [0.25, 0.3) is 5.91 Å². The summed E-state index contributed by atoms with van der Waals surface area (Å²) >= 11 is 18.6. The number of rotatable bonds is 10. The number of halogens is 3. The molecule has 36 heavy (non-hydrogen) atoms. The average molecular weight is 548 g/mol. The van der Waals surface area contributed by atoms with E-state index in [0.29, 0.717) is 32.8 Å². The lowest BCUT2D eigenvalue weighted by Gasteiger charge is -2.32. The molecule has 0 heterocycles. The first-order valence-electron chi connectivity index (χ1n) is 11.6. The molecule has 3 rings (SSSR count). The number of hydrogen-bond donors (Lipinski definition) is 1. The van der Waals surface area contributed by atoms with Crippen LogP contribution in [0.25, 0.3) is 0 Å². The molecular formula is C28H29Cl3N2O3. The van der Waals surface area contributed by atoms with E-state index in [2.05, 4.69) is 5.32 Å². The molecular weight excluding hydrogens is 519 g/mol. The normalized spacial score (nSPS) is 11.8. The minimum Gasteiger partial charge on any atom is -0.484 e. The summed E-state index contributed by atoms with van der Waals surface area (Å²) in [5, 5.41) is 4.47. The van der Waals surface area contributed by atoms with Gasteiger partial charge < -0.3 is 15.0 Å². The Labute approximate surface area is 227 Å². The number of carbonyl (C=O) groups excluding carboxylic acids is 2. The Balaban J connectivity index is 1.94. The fourth-order valence-corrected chi connectivity index (χ4v) is 4.29. The quantitative estimate of drug-likeness (QED) is 0.315. The van der Waals surface area contributed by atoms with E-state index in [4.69, 9.17) is 39.5 Å². The van der Waals surface area contributed by atoms with Gasteiger partial charge in [0.15, 0.2) is 6.61 Å². The van der Waals surface area contributed by atoms with E-state index in [9.17, 15) is 9.59 Å². The van der Waals surface area contributed by atoms with Gasteiger partial charge in [-0.1, -0.05) is 71.2 Å². The predicted molar refractivity (Wildman–Crippen MR) is 146 cm³/mol. The molecule has 0 aliphatic rings. The van der Waals surface area contributed by atoms with Crippen LogP contribution < -0.4 is 10.1 Å². The van der Waals surface area contributed by atoms with Crippen molar-refractivity contribution in [1.82, 2.24) is 10.2 Å². The first kappa shape index (κ1) is 27.9. The molecule has 8 heteroatoms. The van der Waals surface area contributed by atoms with E-state index in [0.717, 1.165) is 11.1 Å². The molecule has 1 N–H and O–H groups in total. The smallest absolute Gasteiger partial charge is 0.261 e. The molecule has 3 aromatic rings. The predicted octanol–water partition coefficient (Wildman–Crippen LogP) is 6.50. The van der Waals surface area contributed by atoms with Crippen LogP contribution in [-0.2, 0) is 22.6 Å². The fourth-order valence-electron chi connectivity index (χ4n) is 3.70. The van der Waals surface area contributed by atoms with Gasteiger partial charge in [-0.05, 0) is 67.8 Å². The molecule has 0 radical (unpaired) electrons. The van der Waals surface area contributed by atoms with Crippen LogP contribution >= 0.6 is 34.8 Å². The molecule has 0 bridgehead atoms. The Morgan fingerprint density at radius 3 is 2.31 bits per heavy atom. The van der Waals surface area contributed by atoms with E-state index in [1.165, 1.54) is 4.90 Å². The van der Waals surface area contributed by atoms with Crippen LogP contribution in [0.1, 0.15) is 30.5 Å². The highest BCUT2D eigenvalue weighted by Gasteiger charge is 2.31. The molecule has 3 aromatic carbocycles. The lowest BCUT2D eigenvalue weighted by atomic mass is 10.0. The van der Waals surface area contributed by atoms with Crippen molar-refractivity contribution in [1.29, 1.82) is 0 Å². The van der Waals surface area contributed by atoms with Crippen LogP contribution in [0.2, 0.25) is 15.1 Å². The van der Waals surface area contributed by atoms with Gasteiger partial charge in [0.05, 0.1) is 0 Å². The molecule has 0 spiro atoms. The number of hydrogen-bond acceptors (Lipinski definition) is 3. The van der Waals surface area contributed by atoms with E-state index in [1.54, 1.807) is 36.4 Å². The highest BCUT2D eigenvalue weighted by Crippen LogP contribution is 2.25. The lowest BCUT2D eigenvalue weighted by Crippen LogP contribution is -2.52. The van der Waals surface area contributed by atoms with E-state index in [-0.39, 0.29) is 31.0 Å². The molecule has 0 fully saturated rings. The molecule has 5 nitrogen and oxygen atoms in total. The van der Waals surface area contributed by atoms with Crippen molar-refractivity contribution >= 4 is 46.6 Å². The summed E-state index contributed by atoms with van der Waals surface area (Å²) in [4.78, 5) is 28.5. The largest absolute Gasteiger partial charge is 0.484 e. The number of nitrogens with zero attached hydrogens (tertiary/aromatic N) is 1. The molecule has 0 aliphatic heterocycles. The van der Waals surface area contributed by atoms with E-state index < -0.39 is 6.04 Å². The molecule has 0 aromatic heterocycles. The zero-order valence-electron chi connectivity index (χ0n) is 20.4. The Morgan fingerprint density at radius 1 is 0.944 bits per heavy atom. The molecule has 0 saturated heterocycles. The van der Waals surface area contributed by atoms with Gasteiger partial charge in [0.2, 0.25) is 5.91 Å². The summed E-state index contributed by atoms with van der Waals surface area (Å²) in [7, 11) is 0. The maximum absolute atomic E-state index is 13.6. The molecule has 0 unspecified atom stereocenters. The molecule has 0 saturated carbocycles. The van der Waals surface area contributed by atoms with Crippen LogP contribution in [0.5, 0.6) is 5.75 Å². The number of nitrogens with one attached hydrogen (secondary N) is 1. The van der Waals surface area contributed by atoms with Crippen LogP contribution in [0, 0.1) is 6.92 Å². The van der Waals surface area contributed by atoms with Gasteiger partial charge in [0, 0.05) is 34.1 Å². The first-order chi connectivity index (χ1) is 17.1. The Bertz CT molecular complexity index is 1200. The molecule has 1 atom stereocenters. The van der Waals surface area contributed by atoms with Gasteiger partial charge in [-0.2, -0.15) is 0 Å². The number of benzene rings is 3. The third-order valence-corrected chi connectivity index (χ3v) is 6.56. The minimum atomic E-state index is -0.787. The molecule has 0 aliphatic carbocycles. The van der Waals surface area contributed by atoms with Crippen molar-refractivity contribution < 1.29 is 14.3 Å². The van der Waals surface area contributed by atoms with Crippen molar-refractivity contribution in [2.75, 3.05) is 6.61 Å². The lowest BCUT2D eigenvalue weighted by molar-refractivity contribution is -0.143. The monoisotopic (exact) mass is 546 g/mol. The summed E-state index contributed by atoms with van der Waals surface area (Å²) in [6.07, 6.45) is 0.330. The van der Waals surface area contributed by atoms with Crippen LogP contribution in [0.4, 0.5) is 0 Å². The molecule has 190 valence electrons. The fraction of sp³-hybridized carbons (Fsp3) is 0.286. The Kier molecular flexibility index (Phi) is 10.1. The van der Waals surface area contributed by atoms with Crippen LogP contribution in [0.3, 0.4) is 0 Å². The average Bonchev–Trinajstić information content (AvgIpc) is 2.83. The van der Waals surface area contributed by atoms with Crippen molar-refractivity contribution in [3.05, 3.63) is 98.5 Å². The summed E-state index contributed by atoms with van der Waals surface area (Å²) in [6, 6.07) is 19.0. The van der Waals surface area contributed by atoms with Gasteiger partial charge in [-0.15, -0.1) is 0 Å². The molecule has 2 amide bonds. The second-order valence-electron chi connectivity index (χ2n) is 8.83. The van der Waals surface area contributed by atoms with Crippen molar-refractivity contribution in [3.63, 3.8) is 0 Å². The van der Waals surface area contributed by atoms with Crippen molar-refractivity contribution in [2.45, 2.75) is 45.8 Å². The number of carbonyl (C=O) groups is 2. The summed E-state index contributed by atoms with van der Waals surface area (Å²) < 4.78 is 5.80. The highest BCUT2D eigenvalue weighted by molar-refractivity contribution is 6.35. The van der Waals surface area contributed by atoms with Crippen molar-refractivity contribution in [3.8, 4) is 5.75 Å². The SMILES string of the molecule is Cc1cc(OCC(=O)N(Cc2ccc(Cl)cc2Cl)[C@@H](Cc2ccccc2)C(=O)NC(C)C)ccc1Cl. The second-order valence-corrected chi connectivity index (χ2v) is 10.1. The summed E-state index contributed by atoms with van der Waals surface area (Å²) in [5.74, 6) is -0.0935. The minimum absolute atomic E-state index is 0.0971. The topological polar surface area (TPSA) is 58.6 Å². The van der Waals surface area contributed by atoms with Crippen LogP contribution in [-0.4, -0.2) is 35.4 Å². The van der Waals surface area contributed by atoms with E-state index >= 15 is 0 Å². The van der Waals surface area contributed by atoms with Gasteiger partial charge in [0.1, 0.15) is 11.8 Å². The Hall–Kier alpha value is -2.73. The number of aryl methyl sites for hydroxylation is 1. The second kappa shape index (κ2) is 13.0. The third-order valence-electron chi connectivity index (χ3n) is 5.55. The van der Waals surface area contributed by atoms with Crippen molar-refractivity contribution in [2.24, 2.45) is 0 Å². The summed E-state index contributed by atoms with van der Waals surface area (Å²) in [5.41, 5.74) is 2.44. The van der Waals surface area contributed by atoms with Crippen LogP contribution in [0.15, 0.2) is 66.7 Å². The number of ether oxygens (including phenoxy) is 1. The van der Waals surface area contributed by atoms with Gasteiger partial charge in [-0.25, -0.2) is 0 Å². The summed E-state index contributed by atoms with van der Waals surface area (Å²) in [6.45, 7) is 5.47. The first-order valence-corrected chi connectivity index (χ1v) is 12.7. The maximum atomic E-state index is 13.6. The number of amides is 2. The zero-order valence-corrected chi connectivity index (χ0v) is 22.7. The van der Waals surface area contributed by atoms with E-state index in [1.807, 2.05) is 51.1 Å². The van der Waals surface area contributed by atoms with Gasteiger partial charge in [-0.3, -0.25) is 9.59 Å². The highest BCUT2D eigenvalue weighted by atomic mass is 35.5. The Morgan fingerprint density at radius 2 is 1.67 bits per heavy atom. The van der Waals surface area contributed by atoms with Gasteiger partial charge >= 0.3 is 0 Å². The maximum Gasteiger partial charge on any atom is 0.261 e.